The zero-order chi connectivity index (χ0) is 50.0. The highest BCUT2D eigenvalue weighted by molar-refractivity contribution is 5.71. The monoisotopic (exact) mass is 971 g/mol. The number of unbranched alkanes of at least 4 members (excludes halogenated alkanes) is 42. The molecule has 6 nitrogen and oxygen atoms in total. The summed E-state index contributed by atoms with van der Waals surface area (Å²) in [6, 6.07) is 0. The fourth-order valence-corrected chi connectivity index (χ4v) is 9.25. The van der Waals surface area contributed by atoms with Crippen LogP contribution in [0, 0.1) is 0 Å². The third-order valence-corrected chi connectivity index (χ3v) is 13.9. The molecule has 0 radical (unpaired) electrons. The predicted molar refractivity (Wildman–Crippen MR) is 298 cm³/mol. The van der Waals surface area contributed by atoms with Crippen molar-refractivity contribution in [2.45, 2.75) is 348 Å². The molecule has 0 aromatic rings. The van der Waals surface area contributed by atoms with Gasteiger partial charge in [0.25, 0.3) is 0 Å². The molecule has 1 unspecified atom stereocenters. The molecule has 1 atom stereocenters. The standard InChI is InChI=1S/C63H118O6/c1-4-7-10-13-16-18-20-21-22-23-24-25-26-27-28-29-30-31-32-33-34-35-36-37-38-39-40-41-43-44-47-50-53-56-62(65)68-59-60(58-67-61(64)55-52-49-46-15-12-9-6-3)69-63(66)57-54-51-48-45-42-19-17-14-11-8-5-2/h14,17,23-24,60H,4-13,15-16,18-22,25-59H2,1-3H3/b17-14-,24-23-. The maximum atomic E-state index is 12.7. The molecular formula is C63H118O6. The molecule has 0 aliphatic carbocycles. The van der Waals surface area contributed by atoms with Crippen LogP contribution in [-0.4, -0.2) is 37.2 Å². The lowest BCUT2D eigenvalue weighted by Crippen LogP contribution is -2.30. The van der Waals surface area contributed by atoms with Crippen LogP contribution in [0.2, 0.25) is 0 Å². The molecular weight excluding hydrogens is 853 g/mol. The Kier molecular flexibility index (Phi) is 56.7. The van der Waals surface area contributed by atoms with Crippen molar-refractivity contribution in [2.24, 2.45) is 0 Å². The van der Waals surface area contributed by atoms with E-state index in [1.54, 1.807) is 0 Å². The van der Waals surface area contributed by atoms with Gasteiger partial charge >= 0.3 is 17.9 Å². The summed E-state index contributed by atoms with van der Waals surface area (Å²) in [6.07, 6.45) is 69.5. The van der Waals surface area contributed by atoms with Crippen molar-refractivity contribution >= 4 is 17.9 Å². The zero-order valence-corrected chi connectivity index (χ0v) is 46.6. The Morgan fingerprint density at radius 2 is 0.493 bits per heavy atom. The molecule has 69 heavy (non-hydrogen) atoms. The molecule has 0 aliphatic rings. The molecule has 0 saturated heterocycles. The summed E-state index contributed by atoms with van der Waals surface area (Å²) in [5, 5.41) is 0. The fourth-order valence-electron chi connectivity index (χ4n) is 9.25. The first-order chi connectivity index (χ1) is 34.0. The summed E-state index contributed by atoms with van der Waals surface area (Å²) < 4.78 is 16.7. The number of hydrogen-bond donors (Lipinski definition) is 0. The SMILES string of the molecule is CCCC/C=C\CCCCCCCC(=O)OC(COC(=O)CCCCCCCCC)COC(=O)CCCCCCCCCCCCCCCCCCCCCCC/C=C\CCCCCCCCCC. The molecule has 0 amide bonds. The quantitative estimate of drug-likeness (QED) is 0.0261. The lowest BCUT2D eigenvalue weighted by molar-refractivity contribution is -0.167. The Morgan fingerprint density at radius 1 is 0.275 bits per heavy atom. The molecule has 0 fully saturated rings. The van der Waals surface area contributed by atoms with Gasteiger partial charge in [0.2, 0.25) is 0 Å². The van der Waals surface area contributed by atoms with E-state index in [1.165, 1.54) is 238 Å². The van der Waals surface area contributed by atoms with E-state index in [2.05, 4.69) is 45.1 Å². The van der Waals surface area contributed by atoms with E-state index < -0.39 is 6.10 Å². The van der Waals surface area contributed by atoms with Gasteiger partial charge in [0.15, 0.2) is 6.10 Å². The summed E-state index contributed by atoms with van der Waals surface area (Å²) >= 11 is 0. The van der Waals surface area contributed by atoms with E-state index in [4.69, 9.17) is 14.2 Å². The molecule has 0 N–H and O–H groups in total. The second-order valence-corrected chi connectivity index (χ2v) is 21.0. The van der Waals surface area contributed by atoms with Crippen molar-refractivity contribution in [3.63, 3.8) is 0 Å². The van der Waals surface area contributed by atoms with Gasteiger partial charge < -0.3 is 14.2 Å². The highest BCUT2D eigenvalue weighted by Gasteiger charge is 2.19. The van der Waals surface area contributed by atoms with Crippen LogP contribution in [0.1, 0.15) is 342 Å². The molecule has 0 spiro atoms. The Morgan fingerprint density at radius 3 is 0.768 bits per heavy atom. The van der Waals surface area contributed by atoms with Crippen LogP contribution in [0.4, 0.5) is 0 Å². The van der Waals surface area contributed by atoms with Crippen LogP contribution in [-0.2, 0) is 28.6 Å². The van der Waals surface area contributed by atoms with Gasteiger partial charge in [0, 0.05) is 19.3 Å². The third-order valence-electron chi connectivity index (χ3n) is 13.9. The van der Waals surface area contributed by atoms with Crippen LogP contribution in [0.25, 0.3) is 0 Å². The van der Waals surface area contributed by atoms with Crippen LogP contribution < -0.4 is 0 Å². The molecule has 0 rings (SSSR count). The van der Waals surface area contributed by atoms with Crippen molar-refractivity contribution in [1.82, 2.24) is 0 Å². The fraction of sp³-hybridized carbons (Fsp3) is 0.889. The van der Waals surface area contributed by atoms with Crippen LogP contribution in [0.5, 0.6) is 0 Å². The van der Waals surface area contributed by atoms with Gasteiger partial charge in [-0.3, -0.25) is 14.4 Å². The minimum absolute atomic E-state index is 0.0701. The van der Waals surface area contributed by atoms with Gasteiger partial charge in [-0.15, -0.1) is 0 Å². The number of hydrogen-bond acceptors (Lipinski definition) is 6. The average Bonchev–Trinajstić information content (AvgIpc) is 3.35. The highest BCUT2D eigenvalue weighted by Crippen LogP contribution is 2.17. The Bertz CT molecular complexity index is 1110. The molecule has 0 heterocycles. The molecule has 0 saturated carbocycles. The molecule has 6 heteroatoms. The minimum Gasteiger partial charge on any atom is -0.462 e. The van der Waals surface area contributed by atoms with E-state index in [0.29, 0.717) is 19.3 Å². The second-order valence-electron chi connectivity index (χ2n) is 21.0. The summed E-state index contributed by atoms with van der Waals surface area (Å²) in [5.74, 6) is -0.871. The van der Waals surface area contributed by atoms with Gasteiger partial charge in [0.05, 0.1) is 0 Å². The van der Waals surface area contributed by atoms with E-state index in [-0.39, 0.29) is 31.1 Å². The number of allylic oxidation sites excluding steroid dienone is 4. The normalized spacial score (nSPS) is 12.1. The first-order valence-electron chi connectivity index (χ1n) is 30.8. The van der Waals surface area contributed by atoms with Gasteiger partial charge in [0.1, 0.15) is 13.2 Å². The van der Waals surface area contributed by atoms with Gasteiger partial charge in [-0.2, -0.15) is 0 Å². The summed E-state index contributed by atoms with van der Waals surface area (Å²) in [7, 11) is 0. The molecule has 0 bridgehead atoms. The zero-order valence-electron chi connectivity index (χ0n) is 46.6. The van der Waals surface area contributed by atoms with Gasteiger partial charge in [-0.05, 0) is 64.2 Å². The van der Waals surface area contributed by atoms with Crippen LogP contribution in [0.3, 0.4) is 0 Å². The summed E-state index contributed by atoms with van der Waals surface area (Å²) in [4.78, 5) is 37.8. The summed E-state index contributed by atoms with van der Waals surface area (Å²) in [5.41, 5.74) is 0. The van der Waals surface area contributed by atoms with Gasteiger partial charge in [-0.1, -0.05) is 283 Å². The van der Waals surface area contributed by atoms with Crippen molar-refractivity contribution < 1.29 is 28.6 Å². The lowest BCUT2D eigenvalue weighted by Gasteiger charge is -2.18. The van der Waals surface area contributed by atoms with Crippen molar-refractivity contribution in [1.29, 1.82) is 0 Å². The molecule has 406 valence electrons. The second kappa shape index (κ2) is 58.5. The van der Waals surface area contributed by atoms with Crippen molar-refractivity contribution in [3.05, 3.63) is 24.3 Å². The third kappa shape index (κ3) is 56.7. The highest BCUT2D eigenvalue weighted by atomic mass is 16.6. The number of esters is 3. The first kappa shape index (κ1) is 66.9. The van der Waals surface area contributed by atoms with E-state index >= 15 is 0 Å². The molecule has 0 aromatic heterocycles. The number of carbonyl (C=O) groups excluding carboxylic acids is 3. The van der Waals surface area contributed by atoms with Crippen LogP contribution >= 0.6 is 0 Å². The molecule has 0 aliphatic heterocycles. The summed E-state index contributed by atoms with van der Waals surface area (Å²) in [6.45, 7) is 6.59. The van der Waals surface area contributed by atoms with E-state index in [0.717, 1.165) is 64.2 Å². The van der Waals surface area contributed by atoms with Crippen LogP contribution in [0.15, 0.2) is 24.3 Å². The largest absolute Gasteiger partial charge is 0.462 e. The average molecular weight is 972 g/mol. The van der Waals surface area contributed by atoms with Crippen molar-refractivity contribution in [3.8, 4) is 0 Å². The van der Waals surface area contributed by atoms with Gasteiger partial charge in [-0.25, -0.2) is 0 Å². The lowest BCUT2D eigenvalue weighted by atomic mass is 10.0. The minimum atomic E-state index is -0.768. The Balaban J connectivity index is 3.88. The topological polar surface area (TPSA) is 78.9 Å². The van der Waals surface area contributed by atoms with Crippen molar-refractivity contribution in [2.75, 3.05) is 13.2 Å². The van der Waals surface area contributed by atoms with E-state index in [1.807, 2.05) is 0 Å². The number of rotatable bonds is 57. The smallest absolute Gasteiger partial charge is 0.306 e. The maximum absolute atomic E-state index is 12.7. The first-order valence-corrected chi connectivity index (χ1v) is 30.8. The predicted octanol–water partition coefficient (Wildman–Crippen LogP) is 20.7. The Labute approximate surface area is 430 Å². The number of carbonyl (C=O) groups is 3. The Hall–Kier alpha value is -2.11. The number of ether oxygens (including phenoxy) is 3. The molecule has 0 aromatic carbocycles. The van der Waals surface area contributed by atoms with E-state index in [9.17, 15) is 14.4 Å². The maximum Gasteiger partial charge on any atom is 0.306 e.